The molecule has 1 aliphatic rings. The van der Waals surface area contributed by atoms with E-state index >= 15 is 0 Å². The zero-order chi connectivity index (χ0) is 9.42. The first-order valence-corrected chi connectivity index (χ1v) is 5.33. The highest BCUT2D eigenvalue weighted by molar-refractivity contribution is 6.21. The maximum absolute atomic E-state index is 6.38. The first-order chi connectivity index (χ1) is 6.18. The molecule has 0 bridgehead atoms. The lowest BCUT2D eigenvalue weighted by molar-refractivity contribution is 0.791. The molecule has 0 nitrogen and oxygen atoms in total. The molecule has 1 aromatic carbocycles. The van der Waals surface area contributed by atoms with Crippen LogP contribution in [0.15, 0.2) is 18.2 Å². The molecule has 2 rings (SSSR count). The van der Waals surface area contributed by atoms with Crippen LogP contribution in [0.1, 0.15) is 34.9 Å². The van der Waals surface area contributed by atoms with Gasteiger partial charge in [0.25, 0.3) is 0 Å². The highest BCUT2D eigenvalue weighted by atomic mass is 35.5. The van der Waals surface area contributed by atoms with E-state index in [9.17, 15) is 0 Å². The Morgan fingerprint density at radius 1 is 1.31 bits per heavy atom. The number of alkyl halides is 1. The summed E-state index contributed by atoms with van der Waals surface area (Å²) in [6.07, 6.45) is 2.61. The van der Waals surface area contributed by atoms with Gasteiger partial charge >= 0.3 is 0 Å². The monoisotopic (exact) mass is 194 g/mol. The predicted octanol–water partition coefficient (Wildman–Crippen LogP) is 3.99. The van der Waals surface area contributed by atoms with Gasteiger partial charge in [-0.1, -0.05) is 23.8 Å². The molecule has 0 heterocycles. The SMILES string of the molecule is Cc1ccc(C)c(C(Cl)C2CC2)c1. The summed E-state index contributed by atoms with van der Waals surface area (Å²) in [5.74, 6) is 0.738. The number of hydrogen-bond acceptors (Lipinski definition) is 0. The van der Waals surface area contributed by atoms with E-state index in [0.29, 0.717) is 0 Å². The van der Waals surface area contributed by atoms with E-state index in [1.807, 2.05) is 0 Å². The molecule has 70 valence electrons. The van der Waals surface area contributed by atoms with Gasteiger partial charge in [0.05, 0.1) is 5.38 Å². The zero-order valence-electron chi connectivity index (χ0n) is 8.18. The molecular weight excluding hydrogens is 180 g/mol. The summed E-state index contributed by atoms with van der Waals surface area (Å²) in [5, 5.41) is 0.250. The highest BCUT2D eigenvalue weighted by Crippen LogP contribution is 2.45. The summed E-state index contributed by atoms with van der Waals surface area (Å²) in [6.45, 7) is 4.27. The summed E-state index contributed by atoms with van der Waals surface area (Å²) >= 11 is 6.38. The Kier molecular flexibility index (Phi) is 2.33. The highest BCUT2D eigenvalue weighted by Gasteiger charge is 2.31. The molecule has 1 atom stereocenters. The van der Waals surface area contributed by atoms with E-state index in [1.165, 1.54) is 29.5 Å². The average Bonchev–Trinajstić information content (AvgIpc) is 2.91. The van der Waals surface area contributed by atoms with Gasteiger partial charge in [0.1, 0.15) is 0 Å². The molecular formula is C12H15Cl. The summed E-state index contributed by atoms with van der Waals surface area (Å²) < 4.78 is 0. The molecule has 0 amide bonds. The molecule has 1 aromatic rings. The lowest BCUT2D eigenvalue weighted by Crippen LogP contribution is -1.96. The van der Waals surface area contributed by atoms with Gasteiger partial charge in [0, 0.05) is 0 Å². The minimum Gasteiger partial charge on any atom is -0.118 e. The Bertz CT molecular complexity index is 313. The molecule has 1 unspecified atom stereocenters. The summed E-state index contributed by atoms with van der Waals surface area (Å²) in [5.41, 5.74) is 3.98. The third-order valence-corrected chi connectivity index (χ3v) is 3.36. The Morgan fingerprint density at radius 2 is 2.00 bits per heavy atom. The van der Waals surface area contributed by atoms with Crippen LogP contribution in [0.2, 0.25) is 0 Å². The summed E-state index contributed by atoms with van der Waals surface area (Å²) in [4.78, 5) is 0. The van der Waals surface area contributed by atoms with Crippen LogP contribution in [0.5, 0.6) is 0 Å². The first kappa shape index (κ1) is 9.08. The zero-order valence-corrected chi connectivity index (χ0v) is 8.93. The Balaban J connectivity index is 2.31. The molecule has 1 heteroatoms. The third-order valence-electron chi connectivity index (χ3n) is 2.77. The largest absolute Gasteiger partial charge is 0.118 e. The van der Waals surface area contributed by atoms with Crippen molar-refractivity contribution in [3.63, 3.8) is 0 Å². The number of rotatable bonds is 2. The van der Waals surface area contributed by atoms with E-state index in [0.717, 1.165) is 5.92 Å². The maximum Gasteiger partial charge on any atom is 0.0616 e. The molecule has 0 spiro atoms. The molecule has 0 saturated heterocycles. The van der Waals surface area contributed by atoms with E-state index in [2.05, 4.69) is 32.0 Å². The molecule has 0 radical (unpaired) electrons. The predicted molar refractivity (Wildman–Crippen MR) is 57.2 cm³/mol. The van der Waals surface area contributed by atoms with Crippen LogP contribution < -0.4 is 0 Å². The van der Waals surface area contributed by atoms with Gasteiger partial charge in [0.2, 0.25) is 0 Å². The van der Waals surface area contributed by atoms with Crippen LogP contribution in [0, 0.1) is 19.8 Å². The average molecular weight is 195 g/mol. The van der Waals surface area contributed by atoms with Crippen LogP contribution in [-0.4, -0.2) is 0 Å². The molecule has 1 fully saturated rings. The van der Waals surface area contributed by atoms with Gasteiger partial charge in [-0.25, -0.2) is 0 Å². The van der Waals surface area contributed by atoms with Crippen molar-refractivity contribution in [2.24, 2.45) is 5.92 Å². The number of halogens is 1. The fourth-order valence-electron chi connectivity index (χ4n) is 1.70. The van der Waals surface area contributed by atoms with Crippen molar-refractivity contribution in [1.82, 2.24) is 0 Å². The molecule has 1 aliphatic carbocycles. The van der Waals surface area contributed by atoms with Crippen LogP contribution >= 0.6 is 11.6 Å². The van der Waals surface area contributed by atoms with Gasteiger partial charge in [-0.3, -0.25) is 0 Å². The first-order valence-electron chi connectivity index (χ1n) is 4.89. The van der Waals surface area contributed by atoms with Crippen molar-refractivity contribution >= 4 is 11.6 Å². The normalized spacial score (nSPS) is 18.7. The summed E-state index contributed by atoms with van der Waals surface area (Å²) in [7, 11) is 0. The maximum atomic E-state index is 6.38. The Hall–Kier alpha value is -0.490. The van der Waals surface area contributed by atoms with Crippen molar-refractivity contribution in [3.05, 3.63) is 34.9 Å². The number of benzene rings is 1. The fraction of sp³-hybridized carbons (Fsp3) is 0.500. The van der Waals surface area contributed by atoms with E-state index in [-0.39, 0.29) is 5.38 Å². The number of aryl methyl sites for hydroxylation is 2. The van der Waals surface area contributed by atoms with Crippen LogP contribution in [0.3, 0.4) is 0 Å². The van der Waals surface area contributed by atoms with E-state index in [4.69, 9.17) is 11.6 Å². The van der Waals surface area contributed by atoms with Crippen molar-refractivity contribution in [2.75, 3.05) is 0 Å². The topological polar surface area (TPSA) is 0 Å². The van der Waals surface area contributed by atoms with Crippen LogP contribution in [0.25, 0.3) is 0 Å². The smallest absolute Gasteiger partial charge is 0.0616 e. The van der Waals surface area contributed by atoms with Crippen LogP contribution in [-0.2, 0) is 0 Å². The van der Waals surface area contributed by atoms with E-state index < -0.39 is 0 Å². The quantitative estimate of drug-likeness (QED) is 0.625. The lowest BCUT2D eigenvalue weighted by atomic mass is 10.0. The van der Waals surface area contributed by atoms with Crippen molar-refractivity contribution in [1.29, 1.82) is 0 Å². The van der Waals surface area contributed by atoms with Crippen molar-refractivity contribution in [3.8, 4) is 0 Å². The van der Waals surface area contributed by atoms with Gasteiger partial charge in [-0.15, -0.1) is 11.6 Å². The molecule has 0 aliphatic heterocycles. The molecule has 0 aromatic heterocycles. The molecule has 13 heavy (non-hydrogen) atoms. The minimum absolute atomic E-state index is 0.250. The van der Waals surface area contributed by atoms with Gasteiger partial charge in [-0.05, 0) is 43.7 Å². The van der Waals surface area contributed by atoms with Gasteiger partial charge in [-0.2, -0.15) is 0 Å². The van der Waals surface area contributed by atoms with Gasteiger partial charge < -0.3 is 0 Å². The summed E-state index contributed by atoms with van der Waals surface area (Å²) in [6, 6.07) is 6.54. The number of hydrogen-bond donors (Lipinski definition) is 0. The van der Waals surface area contributed by atoms with Crippen molar-refractivity contribution < 1.29 is 0 Å². The fourth-order valence-corrected chi connectivity index (χ4v) is 2.19. The lowest BCUT2D eigenvalue weighted by Gasteiger charge is -2.12. The Morgan fingerprint density at radius 3 is 2.62 bits per heavy atom. The second-order valence-corrected chi connectivity index (χ2v) is 4.57. The van der Waals surface area contributed by atoms with Crippen LogP contribution in [0.4, 0.5) is 0 Å². The molecule has 0 N–H and O–H groups in total. The molecule has 1 saturated carbocycles. The van der Waals surface area contributed by atoms with Gasteiger partial charge in [0.15, 0.2) is 0 Å². The Labute approximate surface area is 84.9 Å². The second-order valence-electron chi connectivity index (χ2n) is 4.10. The minimum atomic E-state index is 0.250. The van der Waals surface area contributed by atoms with E-state index in [1.54, 1.807) is 0 Å². The second kappa shape index (κ2) is 3.34. The van der Waals surface area contributed by atoms with Crippen molar-refractivity contribution in [2.45, 2.75) is 32.1 Å². The standard InChI is InChI=1S/C12H15Cl/c1-8-3-4-9(2)11(7-8)12(13)10-5-6-10/h3-4,7,10,12H,5-6H2,1-2H3. The third kappa shape index (κ3) is 1.88.